The number of hydrogen-bond donors (Lipinski definition) is 1. The van der Waals surface area contributed by atoms with Crippen LogP contribution in [0.5, 0.6) is 0 Å². The van der Waals surface area contributed by atoms with Crippen molar-refractivity contribution in [3.8, 4) is 0 Å². The summed E-state index contributed by atoms with van der Waals surface area (Å²) in [6.07, 6.45) is -1.58. The van der Waals surface area contributed by atoms with Crippen molar-refractivity contribution in [3.63, 3.8) is 0 Å². The fourth-order valence-corrected chi connectivity index (χ4v) is 2.18. The molecule has 0 amide bonds. The number of rotatable bonds is 5. The van der Waals surface area contributed by atoms with Crippen molar-refractivity contribution in [1.82, 2.24) is 5.32 Å². The Morgan fingerprint density at radius 1 is 1.20 bits per heavy atom. The van der Waals surface area contributed by atoms with Crippen molar-refractivity contribution < 1.29 is 17.6 Å². The predicted molar refractivity (Wildman–Crippen MR) is 70.1 cm³/mol. The summed E-state index contributed by atoms with van der Waals surface area (Å²) in [7, 11) is 0. The van der Waals surface area contributed by atoms with Crippen LogP contribution in [0.25, 0.3) is 0 Å². The molecule has 1 nitrogen and oxygen atoms in total. The first-order chi connectivity index (χ1) is 9.20. The molecule has 1 saturated carbocycles. The van der Waals surface area contributed by atoms with Crippen LogP contribution in [0.15, 0.2) is 18.2 Å². The van der Waals surface area contributed by atoms with Gasteiger partial charge >= 0.3 is 6.18 Å². The van der Waals surface area contributed by atoms with Gasteiger partial charge in [-0.2, -0.15) is 13.2 Å². The van der Waals surface area contributed by atoms with Gasteiger partial charge in [-0.25, -0.2) is 4.39 Å². The first-order valence-electron chi connectivity index (χ1n) is 6.81. The summed E-state index contributed by atoms with van der Waals surface area (Å²) in [5.74, 6) is -1.21. The molecule has 1 N–H and O–H groups in total. The van der Waals surface area contributed by atoms with Gasteiger partial charge in [0.1, 0.15) is 5.82 Å². The van der Waals surface area contributed by atoms with E-state index in [2.05, 4.69) is 5.32 Å². The maximum atomic E-state index is 13.3. The van der Waals surface area contributed by atoms with Crippen molar-refractivity contribution in [1.29, 1.82) is 0 Å². The third-order valence-electron chi connectivity index (χ3n) is 3.81. The molecule has 1 aromatic rings. The van der Waals surface area contributed by atoms with E-state index in [1.54, 1.807) is 0 Å². The van der Waals surface area contributed by atoms with E-state index in [4.69, 9.17) is 0 Å². The molecule has 5 heteroatoms. The van der Waals surface area contributed by atoms with E-state index < -0.39 is 23.0 Å². The van der Waals surface area contributed by atoms with Crippen molar-refractivity contribution in [2.24, 2.45) is 0 Å². The minimum absolute atomic E-state index is 0.421. The second-order valence-corrected chi connectivity index (χ2v) is 6.05. The molecule has 0 heterocycles. The third-order valence-corrected chi connectivity index (χ3v) is 3.81. The first kappa shape index (κ1) is 15.3. The number of nitrogens with one attached hydrogen (secondary N) is 1. The SMILES string of the molecule is CC(C)(CCNC1CC1)c1ccc(F)c(C(F)(F)F)c1. The molecule has 0 aliphatic heterocycles. The highest BCUT2D eigenvalue weighted by Gasteiger charge is 2.35. The van der Waals surface area contributed by atoms with Crippen LogP contribution >= 0.6 is 0 Å². The molecule has 1 fully saturated rings. The highest BCUT2D eigenvalue weighted by atomic mass is 19.4. The summed E-state index contributed by atoms with van der Waals surface area (Å²) < 4.78 is 51.5. The van der Waals surface area contributed by atoms with E-state index in [-0.39, 0.29) is 0 Å². The Balaban J connectivity index is 2.13. The van der Waals surface area contributed by atoms with Crippen molar-refractivity contribution in [2.75, 3.05) is 6.54 Å². The van der Waals surface area contributed by atoms with Gasteiger partial charge in [0.2, 0.25) is 0 Å². The molecule has 1 aliphatic carbocycles. The maximum absolute atomic E-state index is 13.3. The molecule has 0 atom stereocenters. The molecule has 0 saturated heterocycles. The van der Waals surface area contributed by atoms with E-state index >= 15 is 0 Å². The summed E-state index contributed by atoms with van der Waals surface area (Å²) >= 11 is 0. The van der Waals surface area contributed by atoms with E-state index in [0.717, 1.165) is 18.7 Å². The largest absolute Gasteiger partial charge is 0.419 e. The van der Waals surface area contributed by atoms with Crippen LogP contribution in [0, 0.1) is 5.82 Å². The van der Waals surface area contributed by atoms with Gasteiger partial charge in [-0.3, -0.25) is 0 Å². The van der Waals surface area contributed by atoms with Gasteiger partial charge in [-0.1, -0.05) is 19.9 Å². The Morgan fingerprint density at radius 2 is 1.85 bits per heavy atom. The lowest BCUT2D eigenvalue weighted by Gasteiger charge is -2.26. The van der Waals surface area contributed by atoms with Gasteiger partial charge in [-0.05, 0) is 48.9 Å². The van der Waals surface area contributed by atoms with Crippen LogP contribution in [0.2, 0.25) is 0 Å². The normalized spacial score (nSPS) is 16.5. The topological polar surface area (TPSA) is 12.0 Å². The molecule has 1 aromatic carbocycles. The monoisotopic (exact) mass is 289 g/mol. The van der Waals surface area contributed by atoms with E-state index in [9.17, 15) is 17.6 Å². The van der Waals surface area contributed by atoms with Gasteiger partial charge in [0.25, 0.3) is 0 Å². The molecule has 0 unspecified atom stereocenters. The quantitative estimate of drug-likeness (QED) is 0.798. The lowest BCUT2D eigenvalue weighted by molar-refractivity contribution is -0.140. The number of alkyl halides is 3. The van der Waals surface area contributed by atoms with Crippen molar-refractivity contribution in [3.05, 3.63) is 35.1 Å². The highest BCUT2D eigenvalue weighted by Crippen LogP contribution is 2.35. The zero-order chi connectivity index (χ0) is 15.0. The van der Waals surface area contributed by atoms with Gasteiger partial charge in [-0.15, -0.1) is 0 Å². The standard InChI is InChI=1S/C15H19F4N/c1-14(2,7-8-20-11-4-5-11)10-3-6-13(16)12(9-10)15(17,18)19/h3,6,9,11,20H,4-5,7-8H2,1-2H3. The summed E-state index contributed by atoms with van der Waals surface area (Å²) in [5, 5.41) is 3.34. The smallest absolute Gasteiger partial charge is 0.314 e. The number of benzene rings is 1. The first-order valence-corrected chi connectivity index (χ1v) is 6.81. The maximum Gasteiger partial charge on any atom is 0.419 e. The number of hydrogen-bond acceptors (Lipinski definition) is 1. The molecular weight excluding hydrogens is 270 g/mol. The molecule has 112 valence electrons. The summed E-state index contributed by atoms with van der Waals surface area (Å²) in [6.45, 7) is 4.53. The number of halogens is 4. The van der Waals surface area contributed by atoms with E-state index in [1.807, 2.05) is 13.8 Å². The Hall–Kier alpha value is -1.10. The Labute approximate surface area is 116 Å². The zero-order valence-corrected chi connectivity index (χ0v) is 11.6. The van der Waals surface area contributed by atoms with Crippen molar-refractivity contribution >= 4 is 0 Å². The predicted octanol–water partition coefficient (Wildman–Crippen LogP) is 4.26. The fraction of sp³-hybridized carbons (Fsp3) is 0.600. The molecular formula is C15H19F4N. The summed E-state index contributed by atoms with van der Waals surface area (Å²) in [4.78, 5) is 0. The van der Waals surface area contributed by atoms with Gasteiger partial charge < -0.3 is 5.32 Å². The van der Waals surface area contributed by atoms with Crippen LogP contribution in [0.4, 0.5) is 17.6 Å². The van der Waals surface area contributed by atoms with Gasteiger partial charge in [0.05, 0.1) is 5.56 Å². The molecule has 0 bridgehead atoms. The van der Waals surface area contributed by atoms with E-state index in [0.29, 0.717) is 18.0 Å². The molecule has 0 radical (unpaired) electrons. The average molecular weight is 289 g/mol. The molecule has 0 aromatic heterocycles. The molecule has 0 spiro atoms. The molecule has 2 rings (SSSR count). The molecule has 1 aliphatic rings. The average Bonchev–Trinajstić information content (AvgIpc) is 3.11. The lowest BCUT2D eigenvalue weighted by Crippen LogP contribution is -2.27. The van der Waals surface area contributed by atoms with E-state index in [1.165, 1.54) is 18.9 Å². The zero-order valence-electron chi connectivity index (χ0n) is 11.6. The third kappa shape index (κ3) is 3.72. The van der Waals surface area contributed by atoms with Crippen molar-refractivity contribution in [2.45, 2.75) is 50.7 Å². The Bertz CT molecular complexity index is 475. The Morgan fingerprint density at radius 3 is 2.40 bits per heavy atom. The summed E-state index contributed by atoms with van der Waals surface area (Å²) in [5.41, 5.74) is -1.09. The summed E-state index contributed by atoms with van der Waals surface area (Å²) in [6, 6.07) is 3.87. The van der Waals surface area contributed by atoms with Gasteiger partial charge in [0, 0.05) is 6.04 Å². The second kappa shape index (κ2) is 5.35. The van der Waals surface area contributed by atoms with Crippen LogP contribution in [0.3, 0.4) is 0 Å². The van der Waals surface area contributed by atoms with Crippen LogP contribution < -0.4 is 5.32 Å². The minimum atomic E-state index is -4.65. The van der Waals surface area contributed by atoms with Crippen LogP contribution in [0.1, 0.15) is 44.2 Å². The fourth-order valence-electron chi connectivity index (χ4n) is 2.18. The minimum Gasteiger partial charge on any atom is -0.314 e. The highest BCUT2D eigenvalue weighted by molar-refractivity contribution is 5.32. The second-order valence-electron chi connectivity index (χ2n) is 6.05. The van der Waals surface area contributed by atoms with Gasteiger partial charge in [0.15, 0.2) is 0 Å². The molecule has 20 heavy (non-hydrogen) atoms. The Kier molecular flexibility index (Phi) is 4.09. The van der Waals surface area contributed by atoms with Crippen LogP contribution in [-0.2, 0) is 11.6 Å². The lowest BCUT2D eigenvalue weighted by atomic mass is 9.81. The van der Waals surface area contributed by atoms with Crippen LogP contribution in [-0.4, -0.2) is 12.6 Å².